The molecule has 0 aliphatic carbocycles. The predicted octanol–water partition coefficient (Wildman–Crippen LogP) is 2.20. The van der Waals surface area contributed by atoms with Crippen LogP contribution in [0, 0.1) is 0 Å². The Labute approximate surface area is 167 Å². The van der Waals surface area contributed by atoms with Gasteiger partial charge in [0.05, 0.1) is 6.33 Å². The van der Waals surface area contributed by atoms with Gasteiger partial charge in [0.15, 0.2) is 23.1 Å². The van der Waals surface area contributed by atoms with E-state index in [0.717, 1.165) is 0 Å². The summed E-state index contributed by atoms with van der Waals surface area (Å²) in [5, 5.41) is 3.57. The molecule has 0 saturated carbocycles. The summed E-state index contributed by atoms with van der Waals surface area (Å²) in [6.07, 6.45) is -1.56. The number of nitrogens with zero attached hydrogens (tertiary/aromatic N) is 7. The van der Waals surface area contributed by atoms with Gasteiger partial charge in [0.2, 0.25) is 5.28 Å². The monoisotopic (exact) mass is 429 g/mol. The van der Waals surface area contributed by atoms with Crippen molar-refractivity contribution < 1.29 is 23.8 Å². The third kappa shape index (κ3) is 3.94. The zero-order chi connectivity index (χ0) is 20.4. The predicted molar refractivity (Wildman–Crippen MR) is 94.4 cm³/mol. The minimum Gasteiger partial charge on any atom is -0.463 e. The first-order chi connectivity index (χ1) is 13.3. The molecule has 148 valence electrons. The largest absolute Gasteiger partial charge is 0.463 e. The second kappa shape index (κ2) is 8.15. The van der Waals surface area contributed by atoms with Gasteiger partial charge in [0.25, 0.3) is 0 Å². The fourth-order valence-electron chi connectivity index (χ4n) is 2.84. The molecule has 1 fully saturated rings. The molecule has 0 bridgehead atoms. The summed E-state index contributed by atoms with van der Waals surface area (Å²) in [5.41, 5.74) is 9.39. The number of hydrogen-bond donors (Lipinski definition) is 0. The average molecular weight is 430 g/mol. The fraction of sp³-hybridized carbons (Fsp3) is 0.500. The zero-order valence-electron chi connectivity index (χ0n) is 14.5. The number of aromatic nitrogens is 4. The molecule has 0 N–H and O–H groups in total. The third-order valence-electron chi connectivity index (χ3n) is 3.88. The van der Waals surface area contributed by atoms with E-state index in [1.165, 1.54) is 24.7 Å². The lowest BCUT2D eigenvalue weighted by Crippen LogP contribution is -2.35. The van der Waals surface area contributed by atoms with E-state index in [1.54, 1.807) is 0 Å². The molecule has 12 nitrogen and oxygen atoms in total. The standard InChI is InChI=1S/C14H13Cl2N7O5/c1-5(24)26-3-7-8(21-22-17)10(27-6(2)25)13(28-7)23-4-18-9-11(15)19-14(16)20-12(9)23/h4,7-8,10,13H,3H2,1-2H3/t7-,8-,10-,13-/m1/s1. The van der Waals surface area contributed by atoms with Crippen molar-refractivity contribution in [1.29, 1.82) is 0 Å². The molecule has 4 atom stereocenters. The minimum atomic E-state index is -1.04. The average Bonchev–Trinajstić information content (AvgIpc) is 3.15. The summed E-state index contributed by atoms with van der Waals surface area (Å²) < 4.78 is 17.6. The SMILES string of the molecule is CC(=O)OC[C@H]1O[C@@H](n2cnc3c(Cl)nc(Cl)nc32)[C@H](OC(C)=O)[C@@H]1N=[N+]=[N-]. The second-order valence-electron chi connectivity index (χ2n) is 5.74. The van der Waals surface area contributed by atoms with E-state index in [9.17, 15) is 9.59 Å². The Balaban J connectivity index is 2.05. The normalized spacial score (nSPS) is 24.0. The van der Waals surface area contributed by atoms with Crippen molar-refractivity contribution in [2.75, 3.05) is 6.61 Å². The Hall–Kier alpha value is -2.66. The van der Waals surface area contributed by atoms with E-state index in [4.69, 9.17) is 42.9 Å². The van der Waals surface area contributed by atoms with Gasteiger partial charge in [-0.3, -0.25) is 14.2 Å². The molecule has 28 heavy (non-hydrogen) atoms. The van der Waals surface area contributed by atoms with Gasteiger partial charge in [0, 0.05) is 18.8 Å². The van der Waals surface area contributed by atoms with Crippen LogP contribution < -0.4 is 0 Å². The highest BCUT2D eigenvalue weighted by molar-refractivity contribution is 6.35. The summed E-state index contributed by atoms with van der Waals surface area (Å²) in [6, 6.07) is -0.969. The minimum absolute atomic E-state index is 0.0267. The highest BCUT2D eigenvalue weighted by Crippen LogP contribution is 2.36. The lowest BCUT2D eigenvalue weighted by molar-refractivity contribution is -0.153. The van der Waals surface area contributed by atoms with E-state index >= 15 is 0 Å². The zero-order valence-corrected chi connectivity index (χ0v) is 16.0. The van der Waals surface area contributed by atoms with Gasteiger partial charge in [0.1, 0.15) is 24.3 Å². The van der Waals surface area contributed by atoms with E-state index in [0.29, 0.717) is 0 Å². The molecule has 0 unspecified atom stereocenters. The Morgan fingerprint density at radius 3 is 2.75 bits per heavy atom. The summed E-state index contributed by atoms with van der Waals surface area (Å²) in [6.45, 7) is 2.21. The maximum atomic E-state index is 11.6. The van der Waals surface area contributed by atoms with Gasteiger partial charge in [-0.05, 0) is 17.1 Å². The molecule has 3 heterocycles. The van der Waals surface area contributed by atoms with Crippen LogP contribution in [0.1, 0.15) is 20.1 Å². The van der Waals surface area contributed by atoms with Crippen LogP contribution in [0.25, 0.3) is 21.6 Å². The number of fused-ring (bicyclic) bond motifs is 1. The van der Waals surface area contributed by atoms with Crippen molar-refractivity contribution >= 4 is 46.3 Å². The Morgan fingerprint density at radius 2 is 2.11 bits per heavy atom. The van der Waals surface area contributed by atoms with Crippen LogP contribution in [-0.2, 0) is 23.8 Å². The van der Waals surface area contributed by atoms with Crippen LogP contribution in [0.5, 0.6) is 0 Å². The van der Waals surface area contributed by atoms with Crippen LogP contribution in [0.4, 0.5) is 0 Å². The van der Waals surface area contributed by atoms with Gasteiger partial charge in [-0.25, -0.2) is 9.97 Å². The quantitative estimate of drug-likeness (QED) is 0.175. The summed E-state index contributed by atoms with van der Waals surface area (Å²) >= 11 is 11.9. The van der Waals surface area contributed by atoms with Crippen molar-refractivity contribution in [2.45, 2.75) is 38.3 Å². The van der Waals surface area contributed by atoms with Crippen LogP contribution in [-0.4, -0.2) is 56.3 Å². The molecule has 2 aromatic rings. The Morgan fingerprint density at radius 1 is 1.36 bits per heavy atom. The van der Waals surface area contributed by atoms with Gasteiger partial charge >= 0.3 is 11.9 Å². The van der Waals surface area contributed by atoms with Gasteiger partial charge < -0.3 is 14.2 Å². The molecule has 3 rings (SSSR count). The first kappa shape index (κ1) is 20.1. The van der Waals surface area contributed by atoms with Crippen molar-refractivity contribution in [2.24, 2.45) is 5.11 Å². The molecule has 0 aromatic carbocycles. The van der Waals surface area contributed by atoms with Gasteiger partial charge in [-0.1, -0.05) is 16.7 Å². The van der Waals surface area contributed by atoms with Gasteiger partial charge in [-0.2, -0.15) is 4.98 Å². The molecule has 1 saturated heterocycles. The number of esters is 2. The van der Waals surface area contributed by atoms with Crippen LogP contribution in [0.3, 0.4) is 0 Å². The number of halogens is 2. The van der Waals surface area contributed by atoms with E-state index in [2.05, 4.69) is 25.0 Å². The molecule has 0 amide bonds. The molecule has 2 aromatic heterocycles. The topological polar surface area (TPSA) is 154 Å². The van der Waals surface area contributed by atoms with Gasteiger partial charge in [-0.15, -0.1) is 0 Å². The van der Waals surface area contributed by atoms with Crippen molar-refractivity contribution in [3.05, 3.63) is 27.2 Å². The molecular formula is C14H13Cl2N7O5. The van der Waals surface area contributed by atoms with Crippen molar-refractivity contribution in [3.8, 4) is 0 Å². The lowest BCUT2D eigenvalue weighted by Gasteiger charge is -2.21. The Kier molecular flexibility index (Phi) is 5.84. The number of carbonyl (C=O) groups excluding carboxylic acids is 2. The van der Waals surface area contributed by atoms with E-state index in [-0.39, 0.29) is 28.2 Å². The Bertz CT molecular complexity index is 976. The molecular weight excluding hydrogens is 417 g/mol. The maximum Gasteiger partial charge on any atom is 0.303 e. The first-order valence-electron chi connectivity index (χ1n) is 7.87. The summed E-state index contributed by atoms with van der Waals surface area (Å²) in [7, 11) is 0. The summed E-state index contributed by atoms with van der Waals surface area (Å²) in [5.74, 6) is -1.17. The number of azide groups is 1. The third-order valence-corrected chi connectivity index (χ3v) is 4.31. The van der Waals surface area contributed by atoms with E-state index in [1.807, 2.05) is 0 Å². The number of hydrogen-bond acceptors (Lipinski definition) is 9. The molecule has 14 heteroatoms. The highest BCUT2D eigenvalue weighted by Gasteiger charge is 2.48. The second-order valence-corrected chi connectivity index (χ2v) is 6.44. The number of imidazole rings is 1. The smallest absolute Gasteiger partial charge is 0.303 e. The lowest BCUT2D eigenvalue weighted by atomic mass is 10.1. The van der Waals surface area contributed by atoms with Crippen molar-refractivity contribution in [1.82, 2.24) is 19.5 Å². The molecule has 1 aliphatic heterocycles. The number of carbonyl (C=O) groups is 2. The maximum absolute atomic E-state index is 11.6. The van der Waals surface area contributed by atoms with Crippen LogP contribution >= 0.6 is 23.2 Å². The summed E-state index contributed by atoms with van der Waals surface area (Å²) in [4.78, 5) is 37.6. The first-order valence-corrected chi connectivity index (χ1v) is 8.63. The number of rotatable bonds is 5. The van der Waals surface area contributed by atoms with E-state index < -0.39 is 36.4 Å². The van der Waals surface area contributed by atoms with Crippen molar-refractivity contribution in [3.63, 3.8) is 0 Å². The number of ether oxygens (including phenoxy) is 3. The van der Waals surface area contributed by atoms with Crippen LogP contribution in [0.15, 0.2) is 11.4 Å². The fourth-order valence-corrected chi connectivity index (χ4v) is 3.26. The molecule has 0 radical (unpaired) electrons. The van der Waals surface area contributed by atoms with Crippen LogP contribution in [0.2, 0.25) is 10.4 Å². The highest BCUT2D eigenvalue weighted by atomic mass is 35.5. The molecule has 0 spiro atoms. The molecule has 1 aliphatic rings.